The Labute approximate surface area is 145 Å². The van der Waals surface area contributed by atoms with Gasteiger partial charge in [-0.05, 0) is 24.8 Å². The van der Waals surface area contributed by atoms with Gasteiger partial charge in [0.2, 0.25) is 5.76 Å². The molecule has 7 heteroatoms. The Kier molecular flexibility index (Phi) is 4.28. The fourth-order valence-electron chi connectivity index (χ4n) is 2.71. The molecule has 25 heavy (non-hydrogen) atoms. The Morgan fingerprint density at radius 1 is 1.28 bits per heavy atom. The molecule has 0 atom stereocenters. The van der Waals surface area contributed by atoms with Crippen LogP contribution < -0.4 is 5.32 Å². The highest BCUT2D eigenvalue weighted by atomic mass is 16.5. The van der Waals surface area contributed by atoms with Crippen molar-refractivity contribution in [3.63, 3.8) is 0 Å². The Morgan fingerprint density at radius 3 is 2.92 bits per heavy atom. The van der Waals surface area contributed by atoms with Gasteiger partial charge in [0, 0.05) is 18.5 Å². The van der Waals surface area contributed by atoms with E-state index < -0.39 is 0 Å². The zero-order valence-electron chi connectivity index (χ0n) is 13.8. The van der Waals surface area contributed by atoms with Crippen molar-refractivity contribution in [1.82, 2.24) is 25.2 Å². The minimum atomic E-state index is -0.281. The number of carbonyl (C=O) groups is 1. The van der Waals surface area contributed by atoms with Gasteiger partial charge in [-0.2, -0.15) is 0 Å². The van der Waals surface area contributed by atoms with Crippen LogP contribution in [0.25, 0.3) is 0 Å². The topological polar surface area (TPSA) is 85.8 Å². The highest BCUT2D eigenvalue weighted by Gasteiger charge is 2.28. The average molecular weight is 337 g/mol. The van der Waals surface area contributed by atoms with Gasteiger partial charge in [0.15, 0.2) is 5.82 Å². The molecule has 2 heterocycles. The summed E-state index contributed by atoms with van der Waals surface area (Å²) in [6.07, 6.45) is 4.81. The van der Waals surface area contributed by atoms with Crippen LogP contribution in [0, 0.1) is 0 Å². The van der Waals surface area contributed by atoms with Crippen molar-refractivity contribution >= 4 is 5.91 Å². The van der Waals surface area contributed by atoms with E-state index in [0.717, 1.165) is 31.5 Å². The average Bonchev–Trinajstić information content (AvgIpc) is 3.20. The molecule has 1 saturated carbocycles. The van der Waals surface area contributed by atoms with Crippen LogP contribution in [0.5, 0.6) is 0 Å². The van der Waals surface area contributed by atoms with Gasteiger partial charge >= 0.3 is 0 Å². The lowest BCUT2D eigenvalue weighted by atomic mass is 10.1. The minimum absolute atomic E-state index is 0.247. The predicted molar refractivity (Wildman–Crippen MR) is 89.8 cm³/mol. The summed E-state index contributed by atoms with van der Waals surface area (Å²) in [5.74, 6) is 1.15. The summed E-state index contributed by atoms with van der Waals surface area (Å²) in [5.41, 5.74) is 2.12. The molecule has 1 N–H and O–H groups in total. The van der Waals surface area contributed by atoms with E-state index in [2.05, 4.69) is 32.8 Å². The second-order valence-corrected chi connectivity index (χ2v) is 6.25. The molecule has 0 radical (unpaired) electrons. The van der Waals surface area contributed by atoms with Gasteiger partial charge in [-0.15, -0.1) is 10.2 Å². The molecule has 128 valence electrons. The molecular weight excluding hydrogens is 318 g/mol. The molecule has 1 fully saturated rings. The van der Waals surface area contributed by atoms with Crippen LogP contribution in [-0.4, -0.2) is 25.8 Å². The summed E-state index contributed by atoms with van der Waals surface area (Å²) in [4.78, 5) is 12.2. The lowest BCUT2D eigenvalue weighted by molar-refractivity contribution is 0.0912. The Bertz CT molecular complexity index is 851. The molecular formula is C18H19N5O2. The molecule has 1 aliphatic rings. The summed E-state index contributed by atoms with van der Waals surface area (Å²) < 4.78 is 7.08. The Hall–Kier alpha value is -2.96. The molecule has 1 aliphatic carbocycles. The van der Waals surface area contributed by atoms with Crippen molar-refractivity contribution in [2.45, 2.75) is 38.3 Å². The van der Waals surface area contributed by atoms with Gasteiger partial charge in [-0.1, -0.05) is 35.5 Å². The molecule has 3 aromatic rings. The predicted octanol–water partition coefficient (Wildman–Crippen LogP) is 2.32. The van der Waals surface area contributed by atoms with E-state index in [0.29, 0.717) is 18.3 Å². The fraction of sp³-hybridized carbons (Fsp3) is 0.333. The molecule has 0 bridgehead atoms. The summed E-state index contributed by atoms with van der Waals surface area (Å²) in [5, 5.41) is 14.8. The first kappa shape index (κ1) is 15.6. The van der Waals surface area contributed by atoms with Crippen molar-refractivity contribution in [2.24, 2.45) is 0 Å². The highest BCUT2D eigenvalue weighted by molar-refractivity contribution is 5.91. The third-order valence-corrected chi connectivity index (χ3v) is 4.33. The molecule has 0 spiro atoms. The monoisotopic (exact) mass is 337 g/mol. The Morgan fingerprint density at radius 2 is 2.12 bits per heavy atom. The van der Waals surface area contributed by atoms with Crippen LogP contribution in [-0.2, 0) is 19.5 Å². The third kappa shape index (κ3) is 3.76. The molecule has 0 unspecified atom stereocenters. The van der Waals surface area contributed by atoms with Crippen LogP contribution >= 0.6 is 0 Å². The van der Waals surface area contributed by atoms with Crippen LogP contribution in [0.4, 0.5) is 0 Å². The van der Waals surface area contributed by atoms with Crippen molar-refractivity contribution in [3.8, 4) is 0 Å². The lowest BCUT2D eigenvalue weighted by Crippen LogP contribution is -2.24. The fourth-order valence-corrected chi connectivity index (χ4v) is 2.71. The zero-order valence-corrected chi connectivity index (χ0v) is 13.8. The molecule has 7 nitrogen and oxygen atoms in total. The SMILES string of the molecule is O=C(NCc1nncn1CCc1ccccc1)c1cc(C2CC2)no1. The maximum Gasteiger partial charge on any atom is 0.290 e. The summed E-state index contributed by atoms with van der Waals surface area (Å²) in [7, 11) is 0. The summed E-state index contributed by atoms with van der Waals surface area (Å²) in [6, 6.07) is 12.0. The standard InChI is InChI=1S/C18H19N5O2/c24-18(16-10-15(22-25-16)14-6-7-14)19-11-17-21-20-12-23(17)9-8-13-4-2-1-3-5-13/h1-5,10,12,14H,6-9,11H2,(H,19,24). The van der Waals surface area contributed by atoms with Gasteiger partial charge in [0.25, 0.3) is 5.91 Å². The van der Waals surface area contributed by atoms with Crippen LogP contribution in [0.15, 0.2) is 47.2 Å². The number of aromatic nitrogens is 4. The quantitative estimate of drug-likeness (QED) is 0.715. The van der Waals surface area contributed by atoms with Gasteiger partial charge in [0.05, 0.1) is 12.2 Å². The maximum atomic E-state index is 12.2. The van der Waals surface area contributed by atoms with Gasteiger partial charge < -0.3 is 14.4 Å². The normalized spacial score (nSPS) is 13.8. The molecule has 1 amide bonds. The smallest absolute Gasteiger partial charge is 0.290 e. The first-order chi connectivity index (χ1) is 12.3. The van der Waals surface area contributed by atoms with Crippen LogP contribution in [0.1, 0.15) is 46.4 Å². The molecule has 2 aromatic heterocycles. The second kappa shape index (κ2) is 6.88. The van der Waals surface area contributed by atoms with E-state index in [1.54, 1.807) is 12.4 Å². The summed E-state index contributed by atoms with van der Waals surface area (Å²) >= 11 is 0. The van der Waals surface area contributed by atoms with Gasteiger partial charge in [0.1, 0.15) is 6.33 Å². The number of aryl methyl sites for hydroxylation is 2. The number of nitrogens with zero attached hydrogens (tertiary/aromatic N) is 4. The summed E-state index contributed by atoms with van der Waals surface area (Å²) in [6.45, 7) is 1.06. The number of benzene rings is 1. The lowest BCUT2D eigenvalue weighted by Gasteiger charge is -2.07. The van der Waals surface area contributed by atoms with Crippen molar-refractivity contribution in [2.75, 3.05) is 0 Å². The van der Waals surface area contributed by atoms with Crippen molar-refractivity contribution in [3.05, 3.63) is 65.6 Å². The van der Waals surface area contributed by atoms with Gasteiger partial charge in [-0.25, -0.2) is 0 Å². The number of carbonyl (C=O) groups excluding carboxylic acids is 1. The van der Waals surface area contributed by atoms with Crippen LogP contribution in [0.2, 0.25) is 0 Å². The largest absolute Gasteiger partial charge is 0.351 e. The number of amides is 1. The number of hydrogen-bond donors (Lipinski definition) is 1. The number of nitrogens with one attached hydrogen (secondary N) is 1. The van der Waals surface area contributed by atoms with Crippen LogP contribution in [0.3, 0.4) is 0 Å². The van der Waals surface area contributed by atoms with E-state index in [-0.39, 0.29) is 11.7 Å². The highest BCUT2D eigenvalue weighted by Crippen LogP contribution is 2.39. The van der Waals surface area contributed by atoms with E-state index in [1.807, 2.05) is 22.8 Å². The first-order valence-corrected chi connectivity index (χ1v) is 8.45. The molecule has 0 saturated heterocycles. The van der Waals surface area contributed by atoms with E-state index >= 15 is 0 Å². The number of rotatable bonds is 7. The minimum Gasteiger partial charge on any atom is -0.351 e. The maximum absolute atomic E-state index is 12.2. The van der Waals surface area contributed by atoms with Crippen molar-refractivity contribution in [1.29, 1.82) is 0 Å². The van der Waals surface area contributed by atoms with Crippen molar-refractivity contribution < 1.29 is 9.32 Å². The van der Waals surface area contributed by atoms with E-state index in [1.165, 1.54) is 5.56 Å². The van der Waals surface area contributed by atoms with E-state index in [4.69, 9.17) is 4.52 Å². The number of hydrogen-bond acceptors (Lipinski definition) is 5. The van der Waals surface area contributed by atoms with Gasteiger partial charge in [-0.3, -0.25) is 4.79 Å². The zero-order chi connectivity index (χ0) is 17.1. The molecule has 1 aromatic carbocycles. The Balaban J connectivity index is 1.33. The third-order valence-electron chi connectivity index (χ3n) is 4.33. The van der Waals surface area contributed by atoms with E-state index in [9.17, 15) is 4.79 Å². The molecule has 4 rings (SSSR count). The second-order valence-electron chi connectivity index (χ2n) is 6.25. The first-order valence-electron chi connectivity index (χ1n) is 8.45. The molecule has 0 aliphatic heterocycles.